The molecule has 3 aromatic rings. The van der Waals surface area contributed by atoms with Gasteiger partial charge in [-0.25, -0.2) is 17.9 Å². The van der Waals surface area contributed by atoms with Crippen LogP contribution in [0.2, 0.25) is 5.02 Å². The maximum atomic E-state index is 15.0. The fourth-order valence-electron chi connectivity index (χ4n) is 4.66. The Bertz CT molecular complexity index is 1740. The third kappa shape index (κ3) is 5.77. The molecule has 216 valence electrons. The number of aromatic nitrogens is 4. The molecule has 10 nitrogen and oxygen atoms in total. The van der Waals surface area contributed by atoms with Gasteiger partial charge in [0.25, 0.3) is 5.56 Å². The lowest BCUT2D eigenvalue weighted by Gasteiger charge is -2.29. The molecule has 5 rings (SSSR count). The number of carbonyl (C=O) groups is 1. The number of hydrogen-bond donors (Lipinski definition) is 1. The van der Waals surface area contributed by atoms with Crippen LogP contribution in [0.1, 0.15) is 40.6 Å². The van der Waals surface area contributed by atoms with Gasteiger partial charge in [-0.05, 0) is 13.8 Å². The zero-order valence-corrected chi connectivity index (χ0v) is 22.9. The summed E-state index contributed by atoms with van der Waals surface area (Å²) in [6, 6.07) is 1.80. The lowest BCUT2D eigenvalue weighted by molar-refractivity contribution is -0.120. The smallest absolute Gasteiger partial charge is 0.277 e. The summed E-state index contributed by atoms with van der Waals surface area (Å²) in [6.45, 7) is 2.19. The summed E-state index contributed by atoms with van der Waals surface area (Å²) in [5, 5.41) is 6.47. The number of nitrogens with zero attached hydrogens (tertiary/aromatic N) is 5. The Morgan fingerprint density at radius 1 is 1.32 bits per heavy atom. The summed E-state index contributed by atoms with van der Waals surface area (Å²) in [6.07, 6.45) is 3.49. The number of carbonyl (C=O) groups excluding carboxylic acids is 1. The number of ether oxygens (including phenoxy) is 2. The van der Waals surface area contributed by atoms with Crippen LogP contribution in [0.15, 0.2) is 40.4 Å². The number of aliphatic imine (C=N–C) groups is 1. The average Bonchev–Trinajstić information content (AvgIpc) is 3.30. The summed E-state index contributed by atoms with van der Waals surface area (Å²) >= 11 is 6.39. The molecule has 2 aliphatic heterocycles. The van der Waals surface area contributed by atoms with E-state index in [1.165, 1.54) is 22.2 Å². The minimum Gasteiger partial charge on any atom is -0.485 e. The fraction of sp³-hybridized carbons (Fsp3) is 0.370. The molecule has 0 bridgehead atoms. The highest BCUT2D eigenvalue weighted by atomic mass is 35.5. The first-order chi connectivity index (χ1) is 20.2. The van der Waals surface area contributed by atoms with Crippen molar-refractivity contribution in [3.05, 3.63) is 80.5 Å². The van der Waals surface area contributed by atoms with E-state index in [-0.39, 0.29) is 49.4 Å². The summed E-state index contributed by atoms with van der Waals surface area (Å²) in [7, 11) is 0. The second-order valence-corrected chi connectivity index (χ2v) is 10.4. The number of pyridine rings is 2. The van der Waals surface area contributed by atoms with Crippen LogP contribution < -0.4 is 15.6 Å². The molecule has 0 aromatic carbocycles. The molecule has 0 saturated heterocycles. The third-order valence-corrected chi connectivity index (χ3v) is 6.84. The van der Waals surface area contributed by atoms with Gasteiger partial charge in [0.1, 0.15) is 34.5 Å². The van der Waals surface area contributed by atoms with E-state index in [0.717, 1.165) is 6.20 Å². The van der Waals surface area contributed by atoms with E-state index in [9.17, 15) is 22.8 Å². The summed E-state index contributed by atoms with van der Waals surface area (Å²) < 4.78 is 72.7. The van der Waals surface area contributed by atoms with Crippen LogP contribution in [0.3, 0.4) is 0 Å². The Morgan fingerprint density at radius 2 is 2.10 bits per heavy atom. The van der Waals surface area contributed by atoms with Gasteiger partial charge in [0, 0.05) is 48.9 Å². The van der Waals surface area contributed by atoms with E-state index in [2.05, 4.69) is 20.4 Å². The van der Waals surface area contributed by atoms with Crippen LogP contribution in [-0.4, -0.2) is 50.8 Å². The summed E-state index contributed by atoms with van der Waals surface area (Å²) in [5.74, 6) is -3.89. The zero-order valence-electron chi connectivity index (χ0n) is 24.2. The second kappa shape index (κ2) is 11.1. The first kappa shape index (κ1) is 26.0. The average molecular weight is 593 g/mol. The van der Waals surface area contributed by atoms with Crippen molar-refractivity contribution in [2.45, 2.75) is 39.3 Å². The normalized spacial score (nSPS) is 18.1. The first-order valence-corrected chi connectivity index (χ1v) is 12.9. The van der Waals surface area contributed by atoms with Crippen molar-refractivity contribution in [3.8, 4) is 5.75 Å². The quantitative estimate of drug-likeness (QED) is 0.486. The molecule has 0 aliphatic carbocycles. The highest BCUT2D eigenvalue weighted by Gasteiger charge is 2.31. The predicted molar refractivity (Wildman–Crippen MR) is 143 cm³/mol. The molecule has 1 amide bonds. The number of fused-ring (bicyclic) bond motifs is 3. The molecule has 0 radical (unpaired) electrons. The molecule has 0 saturated carbocycles. The van der Waals surface area contributed by atoms with Crippen molar-refractivity contribution in [3.63, 3.8) is 0 Å². The summed E-state index contributed by atoms with van der Waals surface area (Å²) in [4.78, 5) is 33.3. The Kier molecular flexibility index (Phi) is 7.05. The molecular weight excluding hydrogens is 565 g/mol. The van der Waals surface area contributed by atoms with Crippen LogP contribution in [0, 0.1) is 23.4 Å². The van der Waals surface area contributed by atoms with Gasteiger partial charge < -0.3 is 14.8 Å². The monoisotopic (exact) mass is 592 g/mol. The van der Waals surface area contributed by atoms with Crippen LogP contribution in [0.4, 0.5) is 13.2 Å². The molecule has 3 aromatic heterocycles. The molecule has 1 N–H and O–H groups in total. The number of nitrogens with one attached hydrogen (secondary N) is 1. The van der Waals surface area contributed by atoms with Crippen LogP contribution in [0.5, 0.6) is 5.75 Å². The first-order valence-electron chi connectivity index (χ1n) is 13.5. The second-order valence-electron chi connectivity index (χ2n) is 10.0. The number of halogens is 4. The molecule has 0 fully saturated rings. The highest BCUT2D eigenvalue weighted by Crippen LogP contribution is 2.30. The largest absolute Gasteiger partial charge is 0.485 e. The van der Waals surface area contributed by atoms with Gasteiger partial charge in [0.05, 0.1) is 40.4 Å². The molecule has 14 heteroatoms. The summed E-state index contributed by atoms with van der Waals surface area (Å²) in [5.41, 5.74) is -1.96. The van der Waals surface area contributed by atoms with E-state index in [1.54, 1.807) is 19.9 Å². The Morgan fingerprint density at radius 3 is 2.83 bits per heavy atom. The van der Waals surface area contributed by atoms with Crippen molar-refractivity contribution >= 4 is 29.0 Å². The Hall–Kier alpha value is -3.97. The number of hydrogen-bond acceptors (Lipinski definition) is 7. The van der Waals surface area contributed by atoms with Crippen LogP contribution in [-0.2, 0) is 28.1 Å². The van der Waals surface area contributed by atoms with E-state index in [0.29, 0.717) is 23.7 Å². The van der Waals surface area contributed by atoms with Gasteiger partial charge in [-0.1, -0.05) is 11.6 Å². The number of dihydropyridines is 1. The standard InChI is InChI=1S/C27H26ClF3N6O4/c1-14(38)34-27(2,3)25-19(31)11-36(35-25)23-8-21-15(9-33-23)12-40-5-4-17-7-22(24(28)26(39)37(17)21)41-13-20-18(30)6-16(29)10-32-20/h6-8,10-11,15H,4-5,9,12-13H2,1-3H3,(H,34,38)/t15-/m1/s1/i13D2. The Labute approximate surface area is 240 Å². The van der Waals surface area contributed by atoms with E-state index in [1.807, 2.05) is 0 Å². The van der Waals surface area contributed by atoms with Gasteiger partial charge in [-0.3, -0.25) is 24.1 Å². The predicted octanol–water partition coefficient (Wildman–Crippen LogP) is 3.45. The van der Waals surface area contributed by atoms with Crippen LogP contribution in [0.25, 0.3) is 5.70 Å². The molecule has 41 heavy (non-hydrogen) atoms. The Balaban J connectivity index is 1.55. The van der Waals surface area contributed by atoms with Crippen molar-refractivity contribution in [1.82, 2.24) is 24.6 Å². The zero-order chi connectivity index (χ0) is 31.3. The third-order valence-electron chi connectivity index (χ3n) is 6.49. The lowest BCUT2D eigenvalue weighted by Crippen LogP contribution is -2.40. The number of rotatable bonds is 5. The molecule has 0 spiro atoms. The number of amides is 1. The van der Waals surface area contributed by atoms with Crippen LogP contribution >= 0.6 is 11.6 Å². The highest BCUT2D eigenvalue weighted by molar-refractivity contribution is 6.31. The molecule has 5 heterocycles. The number of allylic oxidation sites excluding steroid dienone is 1. The van der Waals surface area contributed by atoms with Gasteiger partial charge in [-0.2, -0.15) is 5.10 Å². The maximum Gasteiger partial charge on any atom is 0.277 e. The molecule has 0 unspecified atom stereocenters. The fourth-order valence-corrected chi connectivity index (χ4v) is 4.84. The minimum atomic E-state index is -2.91. The molecular formula is C27H26ClF3N6O4. The molecule has 2 aliphatic rings. The van der Waals surface area contributed by atoms with Crippen molar-refractivity contribution in [2.24, 2.45) is 10.9 Å². The lowest BCUT2D eigenvalue weighted by atomic mass is 10.0. The molecule has 1 atom stereocenters. The van der Waals surface area contributed by atoms with Gasteiger partial charge in [0.2, 0.25) is 5.91 Å². The van der Waals surface area contributed by atoms with Crippen molar-refractivity contribution < 1.29 is 30.2 Å². The van der Waals surface area contributed by atoms with Crippen molar-refractivity contribution in [1.29, 1.82) is 0 Å². The topological polar surface area (TPSA) is 113 Å². The minimum absolute atomic E-state index is 0.0179. The van der Waals surface area contributed by atoms with Crippen molar-refractivity contribution in [2.75, 3.05) is 19.8 Å². The maximum absolute atomic E-state index is 15.0. The van der Waals surface area contributed by atoms with Gasteiger partial charge >= 0.3 is 0 Å². The van der Waals surface area contributed by atoms with E-state index >= 15 is 0 Å². The van der Waals surface area contributed by atoms with Gasteiger partial charge in [-0.15, -0.1) is 0 Å². The SMILES string of the molecule is [2H]C([2H])(Oc1cc2n(c(=O)c1Cl)C1=CC(n3cc(F)c(C(C)(C)NC(C)=O)n3)=NC[C@@H]1COCC2)c1ncc(F)cc1F. The van der Waals surface area contributed by atoms with E-state index < -0.39 is 51.7 Å². The van der Waals surface area contributed by atoms with E-state index in [4.69, 9.17) is 23.8 Å². The van der Waals surface area contributed by atoms with Gasteiger partial charge in [0.15, 0.2) is 17.5 Å².